The van der Waals surface area contributed by atoms with E-state index in [-0.39, 0.29) is 16.7 Å². The Kier molecular flexibility index (Phi) is 4.01. The van der Waals surface area contributed by atoms with Crippen molar-refractivity contribution in [1.82, 2.24) is 0 Å². The summed E-state index contributed by atoms with van der Waals surface area (Å²) in [5, 5.41) is 11.4. The Morgan fingerprint density at radius 2 is 1.77 bits per heavy atom. The molecule has 118 valence electrons. The number of ether oxygens (including phenoxy) is 1. The number of nitrogens with zero attached hydrogens (tertiary/aromatic N) is 1. The number of nitro benzene ring substituents is 1. The summed E-state index contributed by atoms with van der Waals surface area (Å²) in [5.41, 5.74) is -1.54. The van der Waals surface area contributed by atoms with Crippen molar-refractivity contribution in [3.05, 3.63) is 33.9 Å². The summed E-state index contributed by atoms with van der Waals surface area (Å²) in [7, 11) is 0.253. The van der Waals surface area contributed by atoms with Crippen LogP contribution in [-0.2, 0) is 14.0 Å². The maximum Gasteiger partial charge on any atom is 0.501 e. The Morgan fingerprint density at radius 1 is 1.23 bits per heavy atom. The number of benzene rings is 1. The minimum atomic E-state index is -0.921. The molecule has 0 spiro atoms. The van der Waals surface area contributed by atoms with Crippen molar-refractivity contribution < 1.29 is 23.8 Å². The molecule has 0 aliphatic carbocycles. The first-order valence-electron chi connectivity index (χ1n) is 6.82. The second-order valence-corrected chi connectivity index (χ2v) is 6.08. The lowest BCUT2D eigenvalue weighted by molar-refractivity contribution is -0.384. The highest BCUT2D eigenvalue weighted by atomic mass is 16.7. The number of hydrogen-bond donors (Lipinski definition) is 0. The van der Waals surface area contributed by atoms with Gasteiger partial charge in [-0.2, -0.15) is 0 Å². The number of carbonyl (C=O) groups excluding carboxylic acids is 1. The molecule has 7 nitrogen and oxygen atoms in total. The molecule has 0 radical (unpaired) electrons. The van der Waals surface area contributed by atoms with Gasteiger partial charge in [-0.3, -0.25) is 10.1 Å². The van der Waals surface area contributed by atoms with Gasteiger partial charge in [0.2, 0.25) is 0 Å². The van der Waals surface area contributed by atoms with Gasteiger partial charge in [0.25, 0.3) is 5.69 Å². The van der Waals surface area contributed by atoms with Crippen LogP contribution < -0.4 is 5.46 Å². The van der Waals surface area contributed by atoms with Crippen LogP contribution in [0.15, 0.2) is 18.2 Å². The van der Waals surface area contributed by atoms with E-state index in [1.165, 1.54) is 19.2 Å². The summed E-state index contributed by atoms with van der Waals surface area (Å²) in [4.78, 5) is 22.6. The summed E-state index contributed by atoms with van der Waals surface area (Å²) < 4.78 is 16.3. The molecule has 1 aliphatic heterocycles. The van der Waals surface area contributed by atoms with Crippen molar-refractivity contribution in [3.8, 4) is 0 Å². The third kappa shape index (κ3) is 2.59. The molecule has 0 N–H and O–H groups in total. The van der Waals surface area contributed by atoms with Gasteiger partial charge in [0.15, 0.2) is 0 Å². The molecular weight excluding hydrogens is 289 g/mol. The first-order chi connectivity index (χ1) is 10.1. The molecule has 1 aliphatic rings. The molecular formula is C14H18BNO6. The molecule has 0 amide bonds. The van der Waals surface area contributed by atoms with Crippen LogP contribution >= 0.6 is 0 Å². The molecule has 1 fully saturated rings. The fourth-order valence-electron chi connectivity index (χ4n) is 2.20. The molecule has 0 aromatic heterocycles. The molecule has 1 heterocycles. The van der Waals surface area contributed by atoms with E-state index in [4.69, 9.17) is 9.31 Å². The number of carbonyl (C=O) groups is 1. The second kappa shape index (κ2) is 5.37. The monoisotopic (exact) mass is 307 g/mol. The standard InChI is InChI=1S/C14H18BNO6/c1-13(2)14(3,4)22-15(21-13)10-8-6-7-9(12(17)20-5)11(10)16(18)19/h6-8H,1-5H3. The smallest absolute Gasteiger partial charge is 0.465 e. The summed E-state index contributed by atoms with van der Waals surface area (Å²) in [5.74, 6) is -0.773. The summed E-state index contributed by atoms with van der Waals surface area (Å²) >= 11 is 0. The lowest BCUT2D eigenvalue weighted by atomic mass is 9.77. The van der Waals surface area contributed by atoms with Crippen LogP contribution in [0.5, 0.6) is 0 Å². The van der Waals surface area contributed by atoms with Crippen LogP contribution in [0, 0.1) is 10.1 Å². The van der Waals surface area contributed by atoms with E-state index in [0.29, 0.717) is 0 Å². The predicted octanol–water partition coefficient (Wildman–Crippen LogP) is 1.68. The zero-order chi connectivity index (χ0) is 16.7. The molecule has 0 bridgehead atoms. The Hall–Kier alpha value is -1.93. The fraction of sp³-hybridized carbons (Fsp3) is 0.500. The molecule has 2 rings (SSSR count). The van der Waals surface area contributed by atoms with Gasteiger partial charge in [-0.1, -0.05) is 12.1 Å². The van der Waals surface area contributed by atoms with Crippen molar-refractivity contribution in [2.45, 2.75) is 38.9 Å². The van der Waals surface area contributed by atoms with Crippen LogP contribution in [0.1, 0.15) is 38.1 Å². The third-order valence-corrected chi connectivity index (χ3v) is 4.16. The summed E-state index contributed by atoms with van der Waals surface area (Å²) in [6.45, 7) is 7.40. The van der Waals surface area contributed by atoms with E-state index in [1.54, 1.807) is 6.07 Å². The van der Waals surface area contributed by atoms with Crippen molar-refractivity contribution in [2.24, 2.45) is 0 Å². The van der Waals surface area contributed by atoms with E-state index in [1.807, 2.05) is 27.7 Å². The van der Waals surface area contributed by atoms with Crippen LogP contribution in [0.2, 0.25) is 0 Å². The van der Waals surface area contributed by atoms with Gasteiger partial charge in [0, 0.05) is 0 Å². The van der Waals surface area contributed by atoms with Gasteiger partial charge in [-0.05, 0) is 33.8 Å². The molecule has 1 aromatic carbocycles. The minimum Gasteiger partial charge on any atom is -0.465 e. The maximum atomic E-state index is 11.8. The molecule has 1 saturated heterocycles. The molecule has 22 heavy (non-hydrogen) atoms. The zero-order valence-corrected chi connectivity index (χ0v) is 13.2. The van der Waals surface area contributed by atoms with Crippen molar-refractivity contribution in [1.29, 1.82) is 0 Å². The highest BCUT2D eigenvalue weighted by Crippen LogP contribution is 2.37. The Labute approximate surface area is 128 Å². The van der Waals surface area contributed by atoms with Crippen molar-refractivity contribution in [2.75, 3.05) is 7.11 Å². The SMILES string of the molecule is COC(=O)c1cccc(B2OC(C)(C)C(C)(C)O2)c1[N+](=O)[O-]. The van der Waals surface area contributed by atoms with Crippen LogP contribution in [0.25, 0.3) is 0 Å². The fourth-order valence-corrected chi connectivity index (χ4v) is 2.20. The first-order valence-corrected chi connectivity index (χ1v) is 6.82. The molecule has 0 unspecified atom stereocenters. The van der Waals surface area contributed by atoms with E-state index in [2.05, 4.69) is 4.74 Å². The average Bonchev–Trinajstić information content (AvgIpc) is 2.65. The topological polar surface area (TPSA) is 87.9 Å². The Balaban J connectivity index is 2.54. The van der Waals surface area contributed by atoms with E-state index in [0.717, 1.165) is 0 Å². The number of hydrogen-bond acceptors (Lipinski definition) is 6. The highest BCUT2D eigenvalue weighted by Gasteiger charge is 2.53. The molecule has 8 heteroatoms. The summed E-state index contributed by atoms with van der Waals surface area (Å²) in [6.07, 6.45) is 0. The normalized spacial score (nSPS) is 19.0. The van der Waals surface area contributed by atoms with E-state index >= 15 is 0 Å². The second-order valence-electron chi connectivity index (χ2n) is 6.08. The van der Waals surface area contributed by atoms with Crippen LogP contribution in [0.4, 0.5) is 5.69 Å². The first kappa shape index (κ1) is 16.4. The lowest BCUT2D eigenvalue weighted by Gasteiger charge is -2.32. The van der Waals surface area contributed by atoms with Gasteiger partial charge in [0.1, 0.15) is 5.56 Å². The van der Waals surface area contributed by atoms with Gasteiger partial charge < -0.3 is 14.0 Å². The van der Waals surface area contributed by atoms with Gasteiger partial charge in [0.05, 0.1) is 28.7 Å². The van der Waals surface area contributed by atoms with Crippen LogP contribution in [0.3, 0.4) is 0 Å². The van der Waals surface area contributed by atoms with Gasteiger partial charge >= 0.3 is 13.1 Å². The lowest BCUT2D eigenvalue weighted by Crippen LogP contribution is -2.41. The summed E-state index contributed by atoms with van der Waals surface area (Å²) in [6, 6.07) is 4.41. The molecule has 0 atom stereocenters. The Bertz CT molecular complexity index is 612. The predicted molar refractivity (Wildman–Crippen MR) is 80.2 cm³/mol. The largest absolute Gasteiger partial charge is 0.501 e. The van der Waals surface area contributed by atoms with Crippen molar-refractivity contribution in [3.63, 3.8) is 0 Å². The highest BCUT2D eigenvalue weighted by molar-refractivity contribution is 6.63. The Morgan fingerprint density at radius 3 is 2.23 bits per heavy atom. The number of methoxy groups -OCH3 is 1. The third-order valence-electron chi connectivity index (χ3n) is 4.16. The number of esters is 1. The quantitative estimate of drug-likeness (QED) is 0.365. The average molecular weight is 307 g/mol. The molecule has 1 aromatic rings. The van der Waals surface area contributed by atoms with E-state index in [9.17, 15) is 14.9 Å². The number of nitro groups is 1. The van der Waals surface area contributed by atoms with E-state index < -0.39 is 29.2 Å². The van der Waals surface area contributed by atoms with Gasteiger partial charge in [-0.25, -0.2) is 4.79 Å². The number of rotatable bonds is 3. The maximum absolute atomic E-state index is 11.8. The van der Waals surface area contributed by atoms with Crippen molar-refractivity contribution >= 4 is 24.2 Å². The van der Waals surface area contributed by atoms with Crippen LogP contribution in [-0.4, -0.2) is 36.3 Å². The minimum absolute atomic E-state index is 0.125. The van der Waals surface area contributed by atoms with Gasteiger partial charge in [-0.15, -0.1) is 0 Å². The zero-order valence-electron chi connectivity index (χ0n) is 13.2. The molecule has 0 saturated carbocycles. The number of para-hydroxylation sites is 1.